The van der Waals surface area contributed by atoms with Crippen molar-refractivity contribution in [1.29, 1.82) is 0 Å². The van der Waals surface area contributed by atoms with Crippen LogP contribution < -0.4 is 11.1 Å². The van der Waals surface area contributed by atoms with Crippen molar-refractivity contribution in [3.8, 4) is 0 Å². The second-order valence-electron chi connectivity index (χ2n) is 6.27. The van der Waals surface area contributed by atoms with E-state index < -0.39 is 5.54 Å². The van der Waals surface area contributed by atoms with Crippen LogP contribution in [0.25, 0.3) is 0 Å². The number of amides is 1. The Bertz CT molecular complexity index is 487. The summed E-state index contributed by atoms with van der Waals surface area (Å²) in [5.74, 6) is 1.55. The Morgan fingerprint density at radius 2 is 2.11 bits per heavy atom. The summed E-state index contributed by atoms with van der Waals surface area (Å²) in [7, 11) is 0. The van der Waals surface area contributed by atoms with Crippen molar-refractivity contribution < 1.29 is 4.79 Å². The second-order valence-corrected chi connectivity index (χ2v) is 7.26. The first-order chi connectivity index (χ1) is 8.83. The molecule has 0 saturated carbocycles. The Morgan fingerprint density at radius 3 is 2.68 bits per heavy atom. The van der Waals surface area contributed by atoms with Gasteiger partial charge in [0, 0.05) is 11.4 Å². The number of benzene rings is 1. The quantitative estimate of drug-likeness (QED) is 0.894. The molecule has 0 bridgehead atoms. The Labute approximate surface area is 119 Å². The SMILES string of the molecule is Cc1cccc(NC2(C(N)=O)CSCC(C)(C)C2)c1. The molecule has 1 aliphatic rings. The molecular weight excluding hydrogens is 256 g/mol. The van der Waals surface area contributed by atoms with Crippen LogP contribution >= 0.6 is 11.8 Å². The van der Waals surface area contributed by atoms with E-state index in [0.29, 0.717) is 0 Å². The fourth-order valence-corrected chi connectivity index (χ4v) is 4.14. The summed E-state index contributed by atoms with van der Waals surface area (Å²) < 4.78 is 0. The van der Waals surface area contributed by atoms with Crippen LogP contribution in [0.2, 0.25) is 0 Å². The van der Waals surface area contributed by atoms with Gasteiger partial charge in [0.1, 0.15) is 5.54 Å². The van der Waals surface area contributed by atoms with Crippen LogP contribution in [0.3, 0.4) is 0 Å². The van der Waals surface area contributed by atoms with Gasteiger partial charge in [0.05, 0.1) is 0 Å². The molecule has 0 aromatic heterocycles. The van der Waals surface area contributed by atoms with Crippen LogP contribution in [0.15, 0.2) is 24.3 Å². The van der Waals surface area contributed by atoms with Crippen molar-refractivity contribution in [3.05, 3.63) is 29.8 Å². The maximum absolute atomic E-state index is 12.0. The first kappa shape index (κ1) is 14.3. The van der Waals surface area contributed by atoms with Crippen molar-refractivity contribution >= 4 is 23.4 Å². The van der Waals surface area contributed by atoms with Gasteiger partial charge < -0.3 is 11.1 Å². The highest BCUT2D eigenvalue weighted by molar-refractivity contribution is 7.99. The maximum Gasteiger partial charge on any atom is 0.243 e. The normalized spacial score (nSPS) is 25.8. The minimum absolute atomic E-state index is 0.120. The Kier molecular flexibility index (Phi) is 3.81. The molecule has 4 heteroatoms. The minimum Gasteiger partial charge on any atom is -0.371 e. The molecule has 3 nitrogen and oxygen atoms in total. The topological polar surface area (TPSA) is 55.1 Å². The predicted octanol–water partition coefficient (Wildman–Crippen LogP) is 2.79. The second kappa shape index (κ2) is 5.08. The largest absolute Gasteiger partial charge is 0.371 e. The van der Waals surface area contributed by atoms with Crippen LogP contribution in [0.1, 0.15) is 25.8 Å². The lowest BCUT2D eigenvalue weighted by atomic mass is 9.79. The number of rotatable bonds is 3. The fourth-order valence-electron chi connectivity index (χ4n) is 2.72. The molecule has 1 aliphatic heterocycles. The van der Waals surface area contributed by atoms with E-state index in [0.717, 1.165) is 23.6 Å². The van der Waals surface area contributed by atoms with Crippen LogP contribution in [0.4, 0.5) is 5.69 Å². The van der Waals surface area contributed by atoms with Crippen LogP contribution in [0, 0.1) is 12.3 Å². The predicted molar refractivity (Wildman–Crippen MR) is 82.5 cm³/mol. The number of carbonyl (C=O) groups is 1. The molecule has 1 atom stereocenters. The van der Waals surface area contributed by atoms with E-state index in [1.165, 1.54) is 5.56 Å². The number of hydrogen-bond donors (Lipinski definition) is 2. The maximum atomic E-state index is 12.0. The van der Waals surface area contributed by atoms with E-state index in [-0.39, 0.29) is 11.3 Å². The Morgan fingerprint density at radius 1 is 1.37 bits per heavy atom. The highest BCUT2D eigenvalue weighted by Crippen LogP contribution is 2.40. The van der Waals surface area contributed by atoms with Gasteiger partial charge in [0.2, 0.25) is 5.91 Å². The van der Waals surface area contributed by atoms with E-state index in [2.05, 4.69) is 25.2 Å². The van der Waals surface area contributed by atoms with Crippen molar-refractivity contribution in [2.24, 2.45) is 11.1 Å². The summed E-state index contributed by atoms with van der Waals surface area (Å²) in [4.78, 5) is 12.0. The zero-order valence-electron chi connectivity index (χ0n) is 11.8. The average molecular weight is 278 g/mol. The summed E-state index contributed by atoms with van der Waals surface area (Å²) in [6, 6.07) is 8.08. The number of hydrogen-bond acceptors (Lipinski definition) is 3. The third kappa shape index (κ3) is 3.24. The van der Waals surface area contributed by atoms with Gasteiger partial charge >= 0.3 is 0 Å². The van der Waals surface area contributed by atoms with Gasteiger partial charge in [-0.25, -0.2) is 0 Å². The number of nitrogens with one attached hydrogen (secondary N) is 1. The molecule has 0 aliphatic carbocycles. The van der Waals surface area contributed by atoms with Gasteiger partial charge in [-0.05, 0) is 42.2 Å². The summed E-state index contributed by atoms with van der Waals surface area (Å²) in [6.07, 6.45) is 0.774. The smallest absolute Gasteiger partial charge is 0.243 e. The lowest BCUT2D eigenvalue weighted by Gasteiger charge is -2.43. The molecule has 1 aromatic carbocycles. The number of nitrogens with two attached hydrogens (primary N) is 1. The van der Waals surface area contributed by atoms with Crippen LogP contribution in [-0.4, -0.2) is 23.0 Å². The van der Waals surface area contributed by atoms with Crippen molar-refractivity contribution in [1.82, 2.24) is 0 Å². The molecule has 1 aromatic rings. The molecule has 0 spiro atoms. The molecule has 2 rings (SSSR count). The van der Waals surface area contributed by atoms with Crippen molar-refractivity contribution in [2.75, 3.05) is 16.8 Å². The number of thioether (sulfide) groups is 1. The lowest BCUT2D eigenvalue weighted by Crippen LogP contribution is -2.57. The summed E-state index contributed by atoms with van der Waals surface area (Å²) in [5, 5.41) is 3.39. The molecule has 1 heterocycles. The minimum atomic E-state index is -0.639. The molecule has 3 N–H and O–H groups in total. The number of anilines is 1. The monoisotopic (exact) mass is 278 g/mol. The highest BCUT2D eigenvalue weighted by atomic mass is 32.2. The third-order valence-corrected chi connectivity index (χ3v) is 5.18. The summed E-state index contributed by atoms with van der Waals surface area (Å²) in [6.45, 7) is 6.42. The number of primary amides is 1. The van der Waals surface area contributed by atoms with E-state index in [1.54, 1.807) is 11.8 Å². The van der Waals surface area contributed by atoms with Crippen LogP contribution in [0.5, 0.6) is 0 Å². The lowest BCUT2D eigenvalue weighted by molar-refractivity contribution is -0.122. The van der Waals surface area contributed by atoms with Crippen molar-refractivity contribution in [2.45, 2.75) is 32.7 Å². The van der Waals surface area contributed by atoms with E-state index >= 15 is 0 Å². The number of carbonyl (C=O) groups excluding carboxylic acids is 1. The van der Waals surface area contributed by atoms with E-state index in [9.17, 15) is 4.79 Å². The van der Waals surface area contributed by atoms with Gasteiger partial charge in [0.15, 0.2) is 0 Å². The molecule has 1 saturated heterocycles. The first-order valence-electron chi connectivity index (χ1n) is 6.56. The molecule has 1 unspecified atom stereocenters. The standard InChI is InChI=1S/C15H22N2OS/c1-11-5-4-6-12(7-11)17-15(13(16)18)8-14(2,3)9-19-10-15/h4-7,17H,8-10H2,1-3H3,(H2,16,18). The van der Waals surface area contributed by atoms with Gasteiger partial charge in [-0.15, -0.1) is 0 Å². The summed E-state index contributed by atoms with van der Waals surface area (Å²) >= 11 is 1.80. The fraction of sp³-hybridized carbons (Fsp3) is 0.533. The van der Waals surface area contributed by atoms with E-state index in [4.69, 9.17) is 5.73 Å². The molecule has 0 radical (unpaired) electrons. The zero-order chi connectivity index (χ0) is 14.1. The molecular formula is C15H22N2OS. The molecule has 19 heavy (non-hydrogen) atoms. The highest BCUT2D eigenvalue weighted by Gasteiger charge is 2.45. The molecule has 104 valence electrons. The van der Waals surface area contributed by atoms with E-state index in [1.807, 2.05) is 25.1 Å². The Balaban J connectivity index is 2.28. The first-order valence-corrected chi connectivity index (χ1v) is 7.71. The third-order valence-electron chi connectivity index (χ3n) is 3.49. The Hall–Kier alpha value is -1.16. The van der Waals surface area contributed by atoms with Gasteiger partial charge in [0.25, 0.3) is 0 Å². The van der Waals surface area contributed by atoms with Gasteiger partial charge in [-0.3, -0.25) is 4.79 Å². The number of aryl methyl sites for hydroxylation is 1. The average Bonchev–Trinajstić information content (AvgIpc) is 2.27. The van der Waals surface area contributed by atoms with Gasteiger partial charge in [-0.1, -0.05) is 26.0 Å². The molecule has 1 fully saturated rings. The van der Waals surface area contributed by atoms with Crippen molar-refractivity contribution in [3.63, 3.8) is 0 Å². The zero-order valence-corrected chi connectivity index (χ0v) is 12.6. The van der Waals surface area contributed by atoms with Crippen LogP contribution in [-0.2, 0) is 4.79 Å². The molecule has 1 amide bonds. The summed E-state index contributed by atoms with van der Waals surface area (Å²) in [5.41, 5.74) is 7.32. The van der Waals surface area contributed by atoms with Gasteiger partial charge in [-0.2, -0.15) is 11.8 Å².